The van der Waals surface area contributed by atoms with E-state index in [4.69, 9.17) is 0 Å². The minimum Gasteiger partial charge on any atom is -0.358 e. The van der Waals surface area contributed by atoms with Gasteiger partial charge in [0.25, 0.3) is 5.56 Å². The van der Waals surface area contributed by atoms with Crippen LogP contribution < -0.4 is 16.2 Å². The van der Waals surface area contributed by atoms with Gasteiger partial charge in [0.2, 0.25) is 5.78 Å². The Morgan fingerprint density at radius 2 is 1.96 bits per heavy atom. The topological polar surface area (TPSA) is 76.2 Å². The molecule has 3 heterocycles. The monoisotopic (exact) mass is 324 g/mol. The second-order valence-electron chi connectivity index (χ2n) is 6.01. The van der Waals surface area contributed by atoms with E-state index in [2.05, 4.69) is 32.8 Å². The van der Waals surface area contributed by atoms with E-state index in [0.717, 1.165) is 18.7 Å². The lowest BCUT2D eigenvalue weighted by Gasteiger charge is -2.07. The van der Waals surface area contributed by atoms with Crippen LogP contribution in [-0.2, 0) is 19.4 Å². The van der Waals surface area contributed by atoms with E-state index in [1.165, 1.54) is 5.56 Å². The molecule has 0 fully saturated rings. The highest BCUT2D eigenvalue weighted by molar-refractivity contribution is 5.71. The van der Waals surface area contributed by atoms with Gasteiger partial charge < -0.3 is 10.6 Å². The second kappa shape index (κ2) is 5.67. The van der Waals surface area contributed by atoms with Crippen molar-refractivity contribution in [3.8, 4) is 0 Å². The normalized spacial score (nSPS) is 16.0. The Labute approximate surface area is 139 Å². The zero-order valence-electron chi connectivity index (χ0n) is 13.8. The van der Waals surface area contributed by atoms with E-state index in [-0.39, 0.29) is 11.7 Å². The number of anilines is 2. The fraction of sp³-hybridized carbons (Fsp3) is 0.353. The van der Waals surface area contributed by atoms with Crippen LogP contribution in [0.25, 0.3) is 5.78 Å². The zero-order chi connectivity index (χ0) is 16.7. The molecule has 0 radical (unpaired) electrons. The summed E-state index contributed by atoms with van der Waals surface area (Å²) in [5.41, 5.74) is 1.76. The molecule has 1 atom stereocenters. The Bertz CT molecular complexity index is 943. The van der Waals surface area contributed by atoms with Gasteiger partial charge in [-0.25, -0.2) is 0 Å². The van der Waals surface area contributed by atoms with E-state index in [1.54, 1.807) is 9.08 Å². The summed E-state index contributed by atoms with van der Waals surface area (Å²) in [6.07, 6.45) is 1.61. The molecule has 1 aliphatic heterocycles. The summed E-state index contributed by atoms with van der Waals surface area (Å²) < 4.78 is 3.40. The SMILES string of the molecule is CCn1c(=O)c2c(n3nc(CCc4ccccc4)nc13)NC(C)N2. The summed E-state index contributed by atoms with van der Waals surface area (Å²) >= 11 is 0. The Balaban J connectivity index is 1.75. The van der Waals surface area contributed by atoms with Crippen molar-refractivity contribution in [3.63, 3.8) is 0 Å². The van der Waals surface area contributed by atoms with Crippen molar-refractivity contribution in [1.29, 1.82) is 0 Å². The minimum absolute atomic E-state index is 0.000532. The molecule has 1 aromatic carbocycles. The predicted octanol–water partition coefficient (Wildman–Crippen LogP) is 1.88. The fourth-order valence-corrected chi connectivity index (χ4v) is 3.12. The largest absolute Gasteiger partial charge is 0.358 e. The lowest BCUT2D eigenvalue weighted by Crippen LogP contribution is -2.24. The van der Waals surface area contributed by atoms with Crippen molar-refractivity contribution in [2.24, 2.45) is 0 Å². The average molecular weight is 324 g/mol. The van der Waals surface area contributed by atoms with E-state index in [1.807, 2.05) is 32.0 Å². The molecule has 7 heteroatoms. The number of rotatable bonds is 4. The van der Waals surface area contributed by atoms with Gasteiger partial charge in [-0.15, -0.1) is 5.10 Å². The third kappa shape index (κ3) is 2.33. The van der Waals surface area contributed by atoms with Crippen LogP contribution in [0.5, 0.6) is 0 Å². The molecule has 0 saturated heterocycles. The number of nitrogens with one attached hydrogen (secondary N) is 2. The van der Waals surface area contributed by atoms with E-state index < -0.39 is 0 Å². The lowest BCUT2D eigenvalue weighted by atomic mass is 10.1. The van der Waals surface area contributed by atoms with Crippen molar-refractivity contribution in [1.82, 2.24) is 19.2 Å². The van der Waals surface area contributed by atoms with E-state index in [0.29, 0.717) is 23.8 Å². The Morgan fingerprint density at radius 1 is 1.17 bits per heavy atom. The van der Waals surface area contributed by atoms with Gasteiger partial charge in [0, 0.05) is 13.0 Å². The molecule has 0 saturated carbocycles. The molecular formula is C17H20N6O. The van der Waals surface area contributed by atoms with Gasteiger partial charge in [0.05, 0.1) is 6.17 Å². The molecule has 0 bridgehead atoms. The van der Waals surface area contributed by atoms with Gasteiger partial charge in [0.15, 0.2) is 11.6 Å². The smallest absolute Gasteiger partial charge is 0.280 e. The van der Waals surface area contributed by atoms with Gasteiger partial charge in [0.1, 0.15) is 5.69 Å². The molecule has 1 unspecified atom stereocenters. The van der Waals surface area contributed by atoms with Crippen LogP contribution in [0.15, 0.2) is 35.1 Å². The lowest BCUT2D eigenvalue weighted by molar-refractivity contribution is 0.722. The first-order valence-corrected chi connectivity index (χ1v) is 8.27. The second-order valence-corrected chi connectivity index (χ2v) is 6.01. The quantitative estimate of drug-likeness (QED) is 0.766. The zero-order valence-corrected chi connectivity index (χ0v) is 13.8. The minimum atomic E-state index is -0.0566. The van der Waals surface area contributed by atoms with E-state index >= 15 is 0 Å². The predicted molar refractivity (Wildman–Crippen MR) is 93.5 cm³/mol. The standard InChI is InChI=1S/C17H20N6O/c1-3-22-16(24)14-15(19-11(2)18-14)23-17(22)20-13(21-23)10-9-12-7-5-4-6-8-12/h4-8,11,18-19H,3,9-10H2,1-2H3. The third-order valence-electron chi connectivity index (χ3n) is 4.29. The van der Waals surface area contributed by atoms with Crippen molar-refractivity contribution in [2.75, 3.05) is 10.6 Å². The molecule has 2 aromatic heterocycles. The maximum atomic E-state index is 12.6. The number of aryl methyl sites for hydroxylation is 3. The van der Waals surface area contributed by atoms with Crippen LogP contribution >= 0.6 is 0 Å². The molecule has 124 valence electrons. The van der Waals surface area contributed by atoms with Crippen LogP contribution in [0.2, 0.25) is 0 Å². The molecule has 2 N–H and O–H groups in total. The number of nitrogens with zero attached hydrogens (tertiary/aromatic N) is 4. The van der Waals surface area contributed by atoms with Crippen LogP contribution in [0.4, 0.5) is 11.5 Å². The van der Waals surface area contributed by atoms with Crippen molar-refractivity contribution >= 4 is 17.3 Å². The summed E-state index contributed by atoms with van der Waals surface area (Å²) in [5.74, 6) is 2.04. The molecule has 24 heavy (non-hydrogen) atoms. The molecule has 1 aliphatic rings. The average Bonchev–Trinajstić information content (AvgIpc) is 3.18. The molecule has 3 aromatic rings. The first-order chi connectivity index (χ1) is 11.7. The number of hydrogen-bond donors (Lipinski definition) is 2. The Hall–Kier alpha value is -2.83. The fourth-order valence-electron chi connectivity index (χ4n) is 3.12. The highest BCUT2D eigenvalue weighted by Gasteiger charge is 2.26. The van der Waals surface area contributed by atoms with E-state index in [9.17, 15) is 4.79 Å². The third-order valence-corrected chi connectivity index (χ3v) is 4.29. The van der Waals surface area contributed by atoms with Crippen molar-refractivity contribution in [2.45, 2.75) is 39.4 Å². The van der Waals surface area contributed by atoms with Gasteiger partial charge in [-0.2, -0.15) is 9.50 Å². The summed E-state index contributed by atoms with van der Waals surface area (Å²) in [6.45, 7) is 4.47. The molecule has 0 amide bonds. The summed E-state index contributed by atoms with van der Waals surface area (Å²) in [4.78, 5) is 17.2. The first kappa shape index (κ1) is 14.7. The number of aromatic nitrogens is 4. The van der Waals surface area contributed by atoms with Crippen molar-refractivity contribution < 1.29 is 0 Å². The maximum absolute atomic E-state index is 12.6. The molecule has 0 aliphatic carbocycles. The summed E-state index contributed by atoms with van der Waals surface area (Å²) in [5, 5.41) is 11.0. The Morgan fingerprint density at radius 3 is 2.71 bits per heavy atom. The summed E-state index contributed by atoms with van der Waals surface area (Å²) in [7, 11) is 0. The van der Waals surface area contributed by atoms with Crippen LogP contribution in [0.3, 0.4) is 0 Å². The number of hydrogen-bond acceptors (Lipinski definition) is 5. The van der Waals surface area contributed by atoms with Gasteiger partial charge in [-0.1, -0.05) is 30.3 Å². The first-order valence-electron chi connectivity index (χ1n) is 8.27. The highest BCUT2D eigenvalue weighted by Crippen LogP contribution is 2.25. The van der Waals surface area contributed by atoms with Crippen molar-refractivity contribution in [3.05, 3.63) is 52.1 Å². The van der Waals surface area contributed by atoms with Gasteiger partial charge in [-0.3, -0.25) is 9.36 Å². The summed E-state index contributed by atoms with van der Waals surface area (Å²) in [6, 6.07) is 10.3. The highest BCUT2D eigenvalue weighted by atomic mass is 16.1. The molecule has 4 rings (SSSR count). The molecular weight excluding hydrogens is 304 g/mol. The molecule has 7 nitrogen and oxygen atoms in total. The van der Waals surface area contributed by atoms with Gasteiger partial charge in [-0.05, 0) is 25.8 Å². The Kier molecular flexibility index (Phi) is 3.48. The number of benzene rings is 1. The molecule has 0 spiro atoms. The van der Waals surface area contributed by atoms with Crippen LogP contribution in [0, 0.1) is 0 Å². The number of fused-ring (bicyclic) bond motifs is 3. The van der Waals surface area contributed by atoms with Crippen LogP contribution in [-0.4, -0.2) is 25.3 Å². The van der Waals surface area contributed by atoms with Gasteiger partial charge >= 0.3 is 0 Å². The maximum Gasteiger partial charge on any atom is 0.280 e. The van der Waals surface area contributed by atoms with Crippen LogP contribution in [0.1, 0.15) is 25.2 Å².